The average molecular weight is 467 g/mol. The fraction of sp³-hybridized carbons (Fsp3) is 0.593. The minimum atomic E-state index is -1.11. The second kappa shape index (κ2) is 9.43. The smallest absolute Gasteiger partial charge is 0.277 e. The second-order valence-corrected chi connectivity index (χ2v) is 11.0. The highest BCUT2D eigenvalue weighted by Crippen LogP contribution is 2.35. The van der Waals surface area contributed by atoms with Gasteiger partial charge < -0.3 is 10.1 Å². The van der Waals surface area contributed by atoms with Gasteiger partial charge in [0.2, 0.25) is 5.91 Å². The molecule has 0 bridgehead atoms. The number of aromatic nitrogens is 2. The maximum absolute atomic E-state index is 13.9. The number of benzene rings is 1. The van der Waals surface area contributed by atoms with Crippen molar-refractivity contribution in [1.82, 2.24) is 15.1 Å². The van der Waals surface area contributed by atoms with Crippen LogP contribution in [0.2, 0.25) is 0 Å². The summed E-state index contributed by atoms with van der Waals surface area (Å²) in [6.45, 7) is 8.39. The van der Waals surface area contributed by atoms with Gasteiger partial charge in [0.1, 0.15) is 17.0 Å². The number of nitrogens with one attached hydrogen (secondary N) is 1. The first-order valence-corrected chi connectivity index (χ1v) is 12.5. The largest absolute Gasteiger partial charge is 0.497 e. The maximum atomic E-state index is 13.9. The lowest BCUT2D eigenvalue weighted by molar-refractivity contribution is -0.127. The SMILES string of the molecule is COc1ccc(N2C(=O)c3cc(C(C)(C)C)nn3C[C@@]2(C)C(=O)NC2CCCCCCC2)cc1. The predicted octanol–water partition coefficient (Wildman–Crippen LogP) is 4.84. The van der Waals surface area contributed by atoms with Crippen LogP contribution in [0.4, 0.5) is 5.69 Å². The fourth-order valence-corrected chi connectivity index (χ4v) is 5.03. The van der Waals surface area contributed by atoms with Gasteiger partial charge >= 0.3 is 0 Å². The Balaban J connectivity index is 1.72. The molecule has 4 rings (SSSR count). The van der Waals surface area contributed by atoms with E-state index in [2.05, 4.69) is 26.1 Å². The molecular formula is C27H38N4O3. The average Bonchev–Trinajstić information content (AvgIpc) is 3.20. The van der Waals surface area contributed by atoms with E-state index in [1.807, 2.05) is 37.3 Å². The van der Waals surface area contributed by atoms with Crippen LogP contribution < -0.4 is 15.0 Å². The molecular weight excluding hydrogens is 428 g/mol. The molecule has 1 fully saturated rings. The van der Waals surface area contributed by atoms with E-state index < -0.39 is 5.54 Å². The zero-order valence-electron chi connectivity index (χ0n) is 21.2. The van der Waals surface area contributed by atoms with E-state index >= 15 is 0 Å². The highest BCUT2D eigenvalue weighted by molar-refractivity contribution is 6.11. The van der Waals surface area contributed by atoms with E-state index in [9.17, 15) is 9.59 Å². The Morgan fingerprint density at radius 3 is 2.29 bits per heavy atom. The number of nitrogens with zero attached hydrogens (tertiary/aromatic N) is 3. The predicted molar refractivity (Wildman–Crippen MR) is 133 cm³/mol. The Bertz CT molecular complexity index is 1030. The second-order valence-electron chi connectivity index (χ2n) is 11.0. The van der Waals surface area contributed by atoms with Crippen molar-refractivity contribution in [3.05, 3.63) is 41.7 Å². The van der Waals surface area contributed by atoms with Gasteiger partial charge in [-0.1, -0.05) is 52.9 Å². The number of hydrogen-bond acceptors (Lipinski definition) is 4. The molecule has 7 nitrogen and oxygen atoms in total. The summed E-state index contributed by atoms with van der Waals surface area (Å²) >= 11 is 0. The van der Waals surface area contributed by atoms with Crippen LogP contribution >= 0.6 is 0 Å². The van der Waals surface area contributed by atoms with Crippen LogP contribution in [0.25, 0.3) is 0 Å². The standard InChI is InChI=1S/C27H38N4O3/c1-26(2,3)23-17-22-24(32)31(20-13-15-21(34-5)16-14-20)27(4,18-30(22)29-23)25(33)28-19-11-9-7-6-8-10-12-19/h13-17,19H,6-12,18H2,1-5H3,(H,28,33)/t27-/m0/s1. The number of anilines is 1. The summed E-state index contributed by atoms with van der Waals surface area (Å²) in [4.78, 5) is 29.4. The molecule has 1 saturated carbocycles. The number of hydrogen-bond donors (Lipinski definition) is 1. The zero-order valence-corrected chi connectivity index (χ0v) is 21.2. The van der Waals surface area contributed by atoms with Crippen LogP contribution in [0, 0.1) is 0 Å². The van der Waals surface area contributed by atoms with Crippen molar-refractivity contribution in [2.45, 2.75) is 96.2 Å². The van der Waals surface area contributed by atoms with E-state index in [1.54, 1.807) is 16.7 Å². The highest BCUT2D eigenvalue weighted by Gasteiger charge is 2.49. The number of rotatable bonds is 4. The van der Waals surface area contributed by atoms with Crippen molar-refractivity contribution in [2.75, 3.05) is 12.0 Å². The van der Waals surface area contributed by atoms with Crippen molar-refractivity contribution < 1.29 is 14.3 Å². The third kappa shape index (κ3) is 4.70. The normalized spacial score (nSPS) is 22.0. The molecule has 2 amide bonds. The summed E-state index contributed by atoms with van der Waals surface area (Å²) < 4.78 is 7.03. The number of ether oxygens (including phenoxy) is 1. The number of amides is 2. The highest BCUT2D eigenvalue weighted by atomic mass is 16.5. The lowest BCUT2D eigenvalue weighted by atomic mass is 9.90. The van der Waals surface area contributed by atoms with E-state index in [4.69, 9.17) is 9.84 Å². The van der Waals surface area contributed by atoms with E-state index in [1.165, 1.54) is 19.3 Å². The molecule has 7 heteroatoms. The summed E-state index contributed by atoms with van der Waals surface area (Å²) in [5.74, 6) is 0.365. The molecule has 1 N–H and O–H groups in total. The lowest BCUT2D eigenvalue weighted by Crippen LogP contribution is -2.65. The summed E-state index contributed by atoms with van der Waals surface area (Å²) in [5, 5.41) is 8.06. The Morgan fingerprint density at radius 2 is 1.71 bits per heavy atom. The van der Waals surface area contributed by atoms with Crippen molar-refractivity contribution in [3.63, 3.8) is 0 Å². The Labute approximate surface area is 202 Å². The first-order chi connectivity index (χ1) is 16.1. The number of carbonyl (C=O) groups is 2. The Kier molecular flexibility index (Phi) is 6.74. The van der Waals surface area contributed by atoms with Crippen molar-refractivity contribution in [2.24, 2.45) is 0 Å². The summed E-state index contributed by atoms with van der Waals surface area (Å²) in [6, 6.07) is 9.33. The van der Waals surface area contributed by atoms with Gasteiger partial charge in [-0.05, 0) is 50.1 Å². The molecule has 2 aromatic rings. The van der Waals surface area contributed by atoms with Gasteiger partial charge in [-0.15, -0.1) is 0 Å². The van der Waals surface area contributed by atoms with Gasteiger partial charge in [0, 0.05) is 17.1 Å². The monoisotopic (exact) mass is 466 g/mol. The molecule has 2 heterocycles. The summed E-state index contributed by atoms with van der Waals surface area (Å²) in [6.07, 6.45) is 7.93. The van der Waals surface area contributed by atoms with Crippen molar-refractivity contribution in [1.29, 1.82) is 0 Å². The molecule has 1 atom stereocenters. The molecule has 0 saturated heterocycles. The number of carbonyl (C=O) groups excluding carboxylic acids is 2. The van der Waals surface area contributed by atoms with Crippen LogP contribution in [0.1, 0.15) is 88.8 Å². The fourth-order valence-electron chi connectivity index (χ4n) is 5.03. The van der Waals surface area contributed by atoms with Crippen molar-refractivity contribution >= 4 is 17.5 Å². The molecule has 0 spiro atoms. The zero-order chi connectivity index (χ0) is 24.5. The molecule has 34 heavy (non-hydrogen) atoms. The van der Waals surface area contributed by atoms with Gasteiger partial charge in [-0.3, -0.25) is 19.2 Å². The molecule has 2 aliphatic rings. The third-order valence-corrected chi connectivity index (χ3v) is 7.18. The van der Waals surface area contributed by atoms with Gasteiger partial charge in [0.05, 0.1) is 19.3 Å². The molecule has 1 aliphatic heterocycles. The molecule has 1 aliphatic carbocycles. The van der Waals surface area contributed by atoms with E-state index in [0.717, 1.165) is 31.4 Å². The van der Waals surface area contributed by atoms with Gasteiger partial charge in [0.25, 0.3) is 5.91 Å². The molecule has 1 aromatic carbocycles. The Morgan fingerprint density at radius 1 is 1.09 bits per heavy atom. The van der Waals surface area contributed by atoms with Gasteiger partial charge in [-0.25, -0.2) is 0 Å². The van der Waals surface area contributed by atoms with Crippen LogP contribution in [0.5, 0.6) is 5.75 Å². The summed E-state index contributed by atoms with van der Waals surface area (Å²) in [7, 11) is 1.61. The Hall–Kier alpha value is -2.83. The topological polar surface area (TPSA) is 76.5 Å². The van der Waals surface area contributed by atoms with Crippen LogP contribution in [-0.4, -0.2) is 40.3 Å². The lowest BCUT2D eigenvalue weighted by Gasteiger charge is -2.43. The number of methoxy groups -OCH3 is 1. The van der Waals surface area contributed by atoms with Crippen molar-refractivity contribution in [3.8, 4) is 5.75 Å². The maximum Gasteiger partial charge on any atom is 0.277 e. The van der Waals surface area contributed by atoms with Crippen LogP contribution in [0.3, 0.4) is 0 Å². The van der Waals surface area contributed by atoms with E-state index in [-0.39, 0.29) is 23.3 Å². The molecule has 0 radical (unpaired) electrons. The third-order valence-electron chi connectivity index (χ3n) is 7.18. The molecule has 0 unspecified atom stereocenters. The first-order valence-electron chi connectivity index (χ1n) is 12.5. The summed E-state index contributed by atoms with van der Waals surface area (Å²) in [5.41, 5.74) is 0.716. The van der Waals surface area contributed by atoms with E-state index in [0.29, 0.717) is 23.7 Å². The van der Waals surface area contributed by atoms with Crippen LogP contribution in [-0.2, 0) is 16.8 Å². The minimum absolute atomic E-state index is 0.124. The molecule has 1 aromatic heterocycles. The van der Waals surface area contributed by atoms with Gasteiger partial charge in [-0.2, -0.15) is 5.10 Å². The minimum Gasteiger partial charge on any atom is -0.497 e. The first kappa shape index (κ1) is 24.3. The number of fused-ring (bicyclic) bond motifs is 1. The van der Waals surface area contributed by atoms with Gasteiger partial charge in [0.15, 0.2) is 0 Å². The quantitative estimate of drug-likeness (QED) is 0.700. The molecule has 184 valence electrons. The van der Waals surface area contributed by atoms with Crippen LogP contribution in [0.15, 0.2) is 30.3 Å².